The van der Waals surface area contributed by atoms with E-state index in [-0.39, 0.29) is 77.7 Å². The van der Waals surface area contributed by atoms with Gasteiger partial charge in [-0.3, -0.25) is 0 Å². The van der Waals surface area contributed by atoms with E-state index in [2.05, 4.69) is 0 Å². The molecular weight excluding hydrogens is 338 g/mol. The zero-order chi connectivity index (χ0) is 2.00. The fourth-order valence-electron chi connectivity index (χ4n) is 0. The molecule has 33 valence electrons. The third-order valence-electron chi connectivity index (χ3n) is 0. The molecule has 0 N–H and O–H groups in total. The monoisotopic (exact) mass is 343 g/mol. The van der Waals surface area contributed by atoms with E-state index in [1.807, 2.05) is 0 Å². The van der Waals surface area contributed by atoms with E-state index in [0.717, 1.165) is 0 Å². The molecule has 5 heavy (non-hydrogen) atoms. The molecule has 0 heterocycles. The van der Waals surface area contributed by atoms with Gasteiger partial charge in [0.1, 0.15) is 0 Å². The molecule has 0 aromatic carbocycles. The molecule has 0 aromatic heterocycles. The fraction of sp³-hybridized carbons (Fsp3) is 0. The molecule has 0 fully saturated rings. The molecule has 0 spiro atoms. The minimum absolute atomic E-state index is 0. The minimum atomic E-state index is 0. The fourth-order valence-corrected chi connectivity index (χ4v) is 0. The van der Waals surface area contributed by atoms with E-state index in [1.165, 1.54) is 7.37 Å². The second kappa shape index (κ2) is 25.4. The summed E-state index contributed by atoms with van der Waals surface area (Å²) in [5, 5.41) is 0. The number of hydrogen-bond donors (Lipinski definition) is 0. The van der Waals surface area contributed by atoms with Crippen LogP contribution in [0.15, 0.2) is 0 Å². The van der Waals surface area contributed by atoms with Crippen molar-refractivity contribution in [3.05, 3.63) is 0 Å². The van der Waals surface area contributed by atoms with Crippen molar-refractivity contribution in [1.29, 1.82) is 0 Å². The van der Waals surface area contributed by atoms with Crippen molar-refractivity contribution in [1.82, 2.24) is 0 Å². The van der Waals surface area contributed by atoms with Gasteiger partial charge in [-0.05, 0) is 0 Å². The average Bonchev–Trinajstić information content (AvgIpc) is 1.00. The van der Waals surface area contributed by atoms with E-state index < -0.39 is 0 Å². The first kappa shape index (κ1) is 23.4. The molecule has 0 unspecified atom stereocenters. The van der Waals surface area contributed by atoms with Crippen molar-refractivity contribution in [2.24, 2.45) is 0 Å². The van der Waals surface area contributed by atoms with Crippen LogP contribution in [0.5, 0.6) is 0 Å². The van der Waals surface area contributed by atoms with Gasteiger partial charge in [-0.2, -0.15) is 0 Å². The molecule has 0 amide bonds. The second-order valence-electron chi connectivity index (χ2n) is 0. The summed E-state index contributed by atoms with van der Waals surface area (Å²) in [4.78, 5) is 0. The van der Waals surface area contributed by atoms with E-state index in [4.69, 9.17) is 0 Å². The van der Waals surface area contributed by atoms with E-state index in [0.29, 0.717) is 0 Å². The second-order valence-corrected chi connectivity index (χ2v) is 0. The molecule has 0 rings (SSSR count). The third kappa shape index (κ3) is 18.3. The Morgan fingerprint density at radius 2 is 1.20 bits per heavy atom. The van der Waals surface area contributed by atoms with Crippen LogP contribution in [0.3, 0.4) is 0 Å². The van der Waals surface area contributed by atoms with Crippen LogP contribution < -0.4 is 0 Å². The van der Waals surface area contributed by atoms with Gasteiger partial charge in [0.25, 0.3) is 0 Å². The summed E-state index contributed by atoms with van der Waals surface area (Å²) in [5.41, 5.74) is 0. The maximum atomic E-state index is 1.69. The molecule has 0 bridgehead atoms. The summed E-state index contributed by atoms with van der Waals surface area (Å²) in [6, 6.07) is 0. The van der Waals surface area contributed by atoms with E-state index in [1.54, 1.807) is 23.9 Å². The predicted octanol–water partition coefficient (Wildman–Crippen LogP) is -3.29. The Bertz CT molecular complexity index is 11.6. The molecule has 0 aliphatic rings. The van der Waals surface area contributed by atoms with Crippen molar-refractivity contribution in [2.45, 2.75) is 0 Å². The summed E-state index contributed by atoms with van der Waals surface area (Å²) >= 11 is 1.69. The van der Waals surface area contributed by atoms with Gasteiger partial charge in [0.05, 0.1) is 0 Å². The van der Waals surface area contributed by atoms with Crippen LogP contribution in [0.4, 0.5) is 0 Å². The zero-order valence-electron chi connectivity index (χ0n) is 1.79. The van der Waals surface area contributed by atoms with Crippen molar-refractivity contribution in [2.75, 3.05) is 0 Å². The van der Waals surface area contributed by atoms with Gasteiger partial charge < -0.3 is 0 Å². The summed E-state index contributed by atoms with van der Waals surface area (Å²) in [6.07, 6.45) is 0. The predicted molar refractivity (Wildman–Crippen MR) is 28.4 cm³/mol. The van der Waals surface area contributed by atoms with Gasteiger partial charge >= 0.3 is 54.3 Å². The molecule has 0 atom stereocenters. The first-order valence-electron chi connectivity index (χ1n) is 0.500. The van der Waals surface area contributed by atoms with Crippen LogP contribution in [0.1, 0.15) is 0 Å². The van der Waals surface area contributed by atoms with Crippen molar-refractivity contribution in [3.8, 4) is 0 Å². The van der Waals surface area contributed by atoms with Gasteiger partial charge in [0.15, 0.2) is 17.4 Å². The Hall–Kier alpha value is 3.65. The average molecular weight is 346 g/mol. The molecule has 0 aliphatic carbocycles. The third-order valence-corrected chi connectivity index (χ3v) is 0. The Morgan fingerprint density at radius 1 is 1.20 bits per heavy atom. The van der Waals surface area contributed by atoms with Crippen molar-refractivity contribution < 1.29 is 61.2 Å². The molecule has 0 nitrogen and oxygen atoms in total. The van der Waals surface area contributed by atoms with Crippen LogP contribution in [-0.4, -0.2) is 47.8 Å². The Morgan fingerprint density at radius 3 is 1.20 bits per heavy atom. The molecule has 0 radical (unpaired) electrons. The quantitative estimate of drug-likeness (QED) is 0.404. The van der Waals surface area contributed by atoms with Crippen LogP contribution in [-0.2, 0) is 23.9 Å². The van der Waals surface area contributed by atoms with Crippen LogP contribution in [0.25, 0.3) is 0 Å². The van der Waals surface area contributed by atoms with Crippen LogP contribution in [0.2, 0.25) is 0 Å². The summed E-state index contributed by atoms with van der Waals surface area (Å²) in [5.74, 6) is 0. The van der Waals surface area contributed by atoms with Gasteiger partial charge in [-0.1, -0.05) is 0 Å². The molecule has 0 aromatic rings. The van der Waals surface area contributed by atoms with E-state index in [9.17, 15) is 0 Å². The maximum absolute atomic E-state index is 1.69. The first-order valence-corrected chi connectivity index (χ1v) is 8.87. The summed E-state index contributed by atoms with van der Waals surface area (Å²) in [7, 11) is 1.40. The SMILES string of the molecule is [AlH3].[Er].[MgH2].[SiH3][Zr]. The number of rotatable bonds is 0. The molecule has 5 heteroatoms. The standard InChI is InChI=1S/Al.Er.Mg.H3Si.Zr.5H/h;;;1H3;;;;;;. The van der Waals surface area contributed by atoms with Gasteiger partial charge in [0, 0.05) is 37.3 Å². The van der Waals surface area contributed by atoms with Gasteiger partial charge in [-0.15, -0.1) is 0 Å². The Labute approximate surface area is 106 Å². The van der Waals surface area contributed by atoms with Crippen molar-refractivity contribution >= 4 is 47.8 Å². The summed E-state index contributed by atoms with van der Waals surface area (Å²) in [6.45, 7) is 0. The normalized spacial score (nSPS) is 1.40. The van der Waals surface area contributed by atoms with Crippen molar-refractivity contribution in [3.63, 3.8) is 0 Å². The molecular formula is H8AlErMgSiZr. The van der Waals surface area contributed by atoms with E-state index >= 15 is 0 Å². The molecule has 0 aliphatic heterocycles. The Kier molecular flexibility index (Phi) is 119. The van der Waals surface area contributed by atoms with Crippen LogP contribution >= 0.6 is 0 Å². The molecule has 0 saturated heterocycles. The topological polar surface area (TPSA) is 0 Å². The first-order chi connectivity index (χ1) is 1.00. The number of hydrogen-bond acceptors (Lipinski definition) is 0. The Balaban J connectivity index is -0.00000000167. The summed E-state index contributed by atoms with van der Waals surface area (Å²) < 4.78 is 0. The zero-order valence-corrected chi connectivity index (χ0v) is 8.10. The van der Waals surface area contributed by atoms with Crippen LogP contribution in [0, 0.1) is 37.3 Å². The molecule has 0 saturated carbocycles. The van der Waals surface area contributed by atoms with Gasteiger partial charge in [0.2, 0.25) is 0 Å². The van der Waals surface area contributed by atoms with Gasteiger partial charge in [-0.25, -0.2) is 0 Å².